The number of aryl methyl sites for hydroxylation is 2. The van der Waals surface area contributed by atoms with Gasteiger partial charge in [0.2, 0.25) is 13.1 Å². The molecule has 4 rings (SSSR count). The third-order valence-electron chi connectivity index (χ3n) is 5.63. The molecular weight excluding hydrogens is 424 g/mol. The maximum Gasteiger partial charge on any atom is 0.290 e. The van der Waals surface area contributed by atoms with Crippen molar-refractivity contribution in [2.75, 3.05) is 10.6 Å². The van der Waals surface area contributed by atoms with E-state index in [0.29, 0.717) is 0 Å². The first kappa shape index (κ1) is 22.9. The average molecular weight is 453 g/mol. The van der Waals surface area contributed by atoms with Gasteiger partial charge in [0.25, 0.3) is 11.8 Å². The molecule has 6 nitrogen and oxygen atoms in total. The number of pyridine rings is 2. The van der Waals surface area contributed by atoms with Crippen LogP contribution in [0, 0.1) is 13.8 Å². The summed E-state index contributed by atoms with van der Waals surface area (Å²) in [7, 11) is 0. The second-order valence-corrected chi connectivity index (χ2v) is 8.19. The Balaban J connectivity index is 1.34. The van der Waals surface area contributed by atoms with Gasteiger partial charge in [-0.05, 0) is 35.4 Å². The standard InChI is InChI=1S/C28H26N4O2/c1-21-7-3-5-17-31(21)19-27(33)29-25-13-9-23(10-14-25)24-11-15-26(16-12-24)30-28(34)20-32-18-6-4-8-22(32)2/h3-18H,19-20H2,1-2H3/p+2. The first-order valence-corrected chi connectivity index (χ1v) is 11.2. The minimum Gasteiger partial charge on any atom is -0.321 e. The number of nitrogens with zero attached hydrogens (tertiary/aromatic N) is 2. The Kier molecular flexibility index (Phi) is 7.08. The third kappa shape index (κ3) is 5.92. The Morgan fingerprint density at radius 2 is 0.971 bits per heavy atom. The average Bonchev–Trinajstić information content (AvgIpc) is 2.83. The number of amides is 2. The highest BCUT2D eigenvalue weighted by Gasteiger charge is 2.13. The molecule has 0 spiro atoms. The van der Waals surface area contributed by atoms with Crippen LogP contribution in [0.4, 0.5) is 11.4 Å². The van der Waals surface area contributed by atoms with Crippen LogP contribution in [-0.4, -0.2) is 11.8 Å². The number of carbonyl (C=O) groups is 2. The molecule has 0 atom stereocenters. The molecule has 0 aliphatic carbocycles. The molecule has 4 aromatic rings. The molecule has 34 heavy (non-hydrogen) atoms. The van der Waals surface area contributed by atoms with Crippen molar-refractivity contribution in [2.24, 2.45) is 0 Å². The highest BCUT2D eigenvalue weighted by molar-refractivity contribution is 5.91. The first-order valence-electron chi connectivity index (χ1n) is 11.2. The van der Waals surface area contributed by atoms with Crippen molar-refractivity contribution < 1.29 is 18.7 Å². The normalized spacial score (nSPS) is 10.5. The van der Waals surface area contributed by atoms with Gasteiger partial charge in [-0.15, -0.1) is 0 Å². The fraction of sp³-hybridized carbons (Fsp3) is 0.143. The van der Waals surface area contributed by atoms with E-state index in [9.17, 15) is 9.59 Å². The number of rotatable bonds is 7. The Morgan fingerprint density at radius 3 is 1.32 bits per heavy atom. The smallest absolute Gasteiger partial charge is 0.290 e. The van der Waals surface area contributed by atoms with E-state index in [2.05, 4.69) is 10.6 Å². The minimum absolute atomic E-state index is 0.0731. The fourth-order valence-electron chi connectivity index (χ4n) is 3.68. The summed E-state index contributed by atoms with van der Waals surface area (Å²) < 4.78 is 3.81. The molecule has 0 fully saturated rings. The molecule has 0 saturated carbocycles. The maximum atomic E-state index is 12.4. The van der Waals surface area contributed by atoms with Gasteiger partial charge in [-0.25, -0.2) is 0 Å². The molecule has 170 valence electrons. The van der Waals surface area contributed by atoms with Crippen LogP contribution in [0.1, 0.15) is 11.4 Å². The van der Waals surface area contributed by atoms with Crippen LogP contribution in [0.5, 0.6) is 0 Å². The minimum atomic E-state index is -0.0731. The van der Waals surface area contributed by atoms with Crippen molar-refractivity contribution in [3.05, 3.63) is 109 Å². The molecule has 0 saturated heterocycles. The number of benzene rings is 2. The van der Waals surface area contributed by atoms with E-state index in [4.69, 9.17) is 0 Å². The lowest BCUT2D eigenvalue weighted by Crippen LogP contribution is -2.42. The van der Waals surface area contributed by atoms with Crippen molar-refractivity contribution in [3.63, 3.8) is 0 Å². The summed E-state index contributed by atoms with van der Waals surface area (Å²) in [5.74, 6) is -0.146. The predicted octanol–water partition coefficient (Wildman–Crippen LogP) is 3.82. The Bertz CT molecular complexity index is 1200. The van der Waals surface area contributed by atoms with E-state index in [-0.39, 0.29) is 24.9 Å². The SMILES string of the molecule is Cc1cccc[n+]1CC(=O)Nc1ccc(-c2ccc(NC(=O)C[n+]3ccccc3C)cc2)cc1. The molecule has 0 bridgehead atoms. The Morgan fingerprint density at radius 1 is 0.588 bits per heavy atom. The molecule has 6 heteroatoms. The topological polar surface area (TPSA) is 66.0 Å². The van der Waals surface area contributed by atoms with Gasteiger partial charge in [0.15, 0.2) is 23.8 Å². The van der Waals surface area contributed by atoms with Crippen LogP contribution in [0.3, 0.4) is 0 Å². The zero-order chi connectivity index (χ0) is 23.9. The number of anilines is 2. The number of hydrogen-bond acceptors (Lipinski definition) is 2. The van der Waals surface area contributed by atoms with E-state index in [1.807, 2.05) is 120 Å². The van der Waals surface area contributed by atoms with Crippen LogP contribution in [0.25, 0.3) is 11.1 Å². The van der Waals surface area contributed by atoms with Crippen molar-refractivity contribution >= 4 is 23.2 Å². The van der Waals surface area contributed by atoms with E-state index in [1.54, 1.807) is 0 Å². The summed E-state index contributed by atoms with van der Waals surface area (Å²) in [6.07, 6.45) is 3.79. The van der Waals surface area contributed by atoms with Gasteiger partial charge >= 0.3 is 0 Å². The molecule has 2 heterocycles. The molecule has 2 aromatic carbocycles. The summed E-state index contributed by atoms with van der Waals surface area (Å²) in [4.78, 5) is 24.8. The van der Waals surface area contributed by atoms with Gasteiger partial charge in [0.05, 0.1) is 0 Å². The second-order valence-electron chi connectivity index (χ2n) is 8.19. The van der Waals surface area contributed by atoms with E-state index in [1.165, 1.54) is 0 Å². The lowest BCUT2D eigenvalue weighted by molar-refractivity contribution is -0.690. The van der Waals surface area contributed by atoms with Crippen LogP contribution in [-0.2, 0) is 22.7 Å². The van der Waals surface area contributed by atoms with Gasteiger partial charge in [0, 0.05) is 49.5 Å². The molecule has 0 aliphatic rings. The Labute approximate surface area is 199 Å². The highest BCUT2D eigenvalue weighted by atomic mass is 16.2. The lowest BCUT2D eigenvalue weighted by Gasteiger charge is -2.08. The highest BCUT2D eigenvalue weighted by Crippen LogP contribution is 2.23. The monoisotopic (exact) mass is 452 g/mol. The summed E-state index contributed by atoms with van der Waals surface area (Å²) in [5, 5.41) is 5.88. The summed E-state index contributed by atoms with van der Waals surface area (Å²) in [5.41, 5.74) is 5.61. The molecule has 2 N–H and O–H groups in total. The quantitative estimate of drug-likeness (QED) is 0.419. The number of nitrogens with one attached hydrogen (secondary N) is 2. The predicted molar refractivity (Wildman–Crippen MR) is 132 cm³/mol. The van der Waals surface area contributed by atoms with E-state index < -0.39 is 0 Å². The second kappa shape index (κ2) is 10.5. The van der Waals surface area contributed by atoms with Crippen LogP contribution in [0.2, 0.25) is 0 Å². The molecule has 0 unspecified atom stereocenters. The van der Waals surface area contributed by atoms with E-state index in [0.717, 1.165) is 33.9 Å². The van der Waals surface area contributed by atoms with Crippen LogP contribution >= 0.6 is 0 Å². The summed E-state index contributed by atoms with van der Waals surface area (Å²) >= 11 is 0. The zero-order valence-electron chi connectivity index (χ0n) is 19.4. The molecular formula is C28H28N4O2+2. The van der Waals surface area contributed by atoms with E-state index >= 15 is 0 Å². The van der Waals surface area contributed by atoms with Gasteiger partial charge in [0.1, 0.15) is 0 Å². The molecule has 2 aromatic heterocycles. The zero-order valence-corrected chi connectivity index (χ0v) is 19.4. The molecule has 2 amide bonds. The number of aromatic nitrogens is 2. The molecule has 0 radical (unpaired) electrons. The molecule has 0 aliphatic heterocycles. The number of carbonyl (C=O) groups excluding carboxylic acids is 2. The van der Waals surface area contributed by atoms with Crippen molar-refractivity contribution in [1.29, 1.82) is 0 Å². The van der Waals surface area contributed by atoms with Gasteiger partial charge in [-0.3, -0.25) is 9.59 Å². The maximum absolute atomic E-state index is 12.4. The largest absolute Gasteiger partial charge is 0.321 e. The number of hydrogen-bond donors (Lipinski definition) is 2. The van der Waals surface area contributed by atoms with Crippen molar-refractivity contribution in [2.45, 2.75) is 26.9 Å². The summed E-state index contributed by atoms with van der Waals surface area (Å²) in [6, 6.07) is 27.1. The van der Waals surface area contributed by atoms with Crippen molar-refractivity contribution in [3.8, 4) is 11.1 Å². The Hall–Kier alpha value is -4.32. The van der Waals surface area contributed by atoms with Gasteiger partial charge in [-0.2, -0.15) is 9.13 Å². The third-order valence-corrected chi connectivity index (χ3v) is 5.63. The summed E-state index contributed by atoms with van der Waals surface area (Å²) in [6.45, 7) is 4.48. The first-order chi connectivity index (χ1) is 16.5. The van der Waals surface area contributed by atoms with Gasteiger partial charge < -0.3 is 10.6 Å². The fourth-order valence-corrected chi connectivity index (χ4v) is 3.68. The van der Waals surface area contributed by atoms with Crippen molar-refractivity contribution in [1.82, 2.24) is 0 Å². The van der Waals surface area contributed by atoms with Crippen LogP contribution in [0.15, 0.2) is 97.3 Å². The van der Waals surface area contributed by atoms with Crippen LogP contribution < -0.4 is 19.8 Å². The van der Waals surface area contributed by atoms with Gasteiger partial charge in [-0.1, -0.05) is 36.4 Å². The lowest BCUT2D eigenvalue weighted by atomic mass is 10.0.